The van der Waals surface area contributed by atoms with Gasteiger partial charge in [-0.25, -0.2) is 0 Å². The minimum atomic E-state index is 0.291. The molecular formula is C9H16NO. The van der Waals surface area contributed by atoms with Crippen LogP contribution in [0.1, 0.15) is 32.1 Å². The SMILES string of the molecule is [CH2]CCC(=O)N1CCCCC1. The van der Waals surface area contributed by atoms with Crippen LogP contribution in [0.15, 0.2) is 0 Å². The number of rotatable bonds is 2. The molecule has 2 nitrogen and oxygen atoms in total. The highest BCUT2D eigenvalue weighted by atomic mass is 16.2. The van der Waals surface area contributed by atoms with Gasteiger partial charge in [0.15, 0.2) is 0 Å². The molecule has 0 atom stereocenters. The second kappa shape index (κ2) is 4.37. The number of piperidine rings is 1. The van der Waals surface area contributed by atoms with Gasteiger partial charge in [0.2, 0.25) is 5.91 Å². The van der Waals surface area contributed by atoms with Gasteiger partial charge in [0, 0.05) is 19.5 Å². The Balaban J connectivity index is 2.27. The van der Waals surface area contributed by atoms with Gasteiger partial charge in [0.25, 0.3) is 0 Å². The van der Waals surface area contributed by atoms with Crippen LogP contribution in [0.25, 0.3) is 0 Å². The molecule has 0 aliphatic carbocycles. The lowest BCUT2D eigenvalue weighted by Gasteiger charge is -2.26. The molecule has 0 aromatic heterocycles. The fourth-order valence-electron chi connectivity index (χ4n) is 1.45. The van der Waals surface area contributed by atoms with Gasteiger partial charge in [-0.3, -0.25) is 4.79 Å². The Morgan fingerprint density at radius 2 is 1.91 bits per heavy atom. The van der Waals surface area contributed by atoms with Crippen molar-refractivity contribution in [2.75, 3.05) is 13.1 Å². The van der Waals surface area contributed by atoms with Crippen molar-refractivity contribution in [1.82, 2.24) is 4.90 Å². The second-order valence-corrected chi connectivity index (χ2v) is 3.05. The van der Waals surface area contributed by atoms with Gasteiger partial charge in [0.05, 0.1) is 0 Å². The Morgan fingerprint density at radius 3 is 2.45 bits per heavy atom. The van der Waals surface area contributed by atoms with Crippen LogP contribution in [0.3, 0.4) is 0 Å². The van der Waals surface area contributed by atoms with Crippen molar-refractivity contribution in [1.29, 1.82) is 0 Å². The molecule has 1 aliphatic heterocycles. The van der Waals surface area contributed by atoms with Crippen molar-refractivity contribution in [3.05, 3.63) is 6.92 Å². The van der Waals surface area contributed by atoms with E-state index >= 15 is 0 Å². The summed E-state index contributed by atoms with van der Waals surface area (Å²) in [6.07, 6.45) is 5.01. The molecule has 0 aromatic rings. The van der Waals surface area contributed by atoms with E-state index in [0.717, 1.165) is 19.5 Å². The average molecular weight is 154 g/mol. The number of carbonyl (C=O) groups is 1. The van der Waals surface area contributed by atoms with Crippen molar-refractivity contribution < 1.29 is 4.79 Å². The van der Waals surface area contributed by atoms with E-state index in [0.29, 0.717) is 12.3 Å². The molecule has 2 heteroatoms. The minimum Gasteiger partial charge on any atom is -0.343 e. The van der Waals surface area contributed by atoms with Gasteiger partial charge in [-0.15, -0.1) is 0 Å². The summed E-state index contributed by atoms with van der Waals surface area (Å²) in [7, 11) is 0. The number of nitrogens with zero attached hydrogens (tertiary/aromatic N) is 1. The van der Waals surface area contributed by atoms with E-state index in [1.165, 1.54) is 19.3 Å². The predicted molar refractivity (Wildman–Crippen MR) is 45.0 cm³/mol. The van der Waals surface area contributed by atoms with Crippen LogP contribution in [0.5, 0.6) is 0 Å². The van der Waals surface area contributed by atoms with Gasteiger partial charge >= 0.3 is 0 Å². The maximum Gasteiger partial charge on any atom is 0.222 e. The molecule has 63 valence electrons. The molecule has 1 saturated heterocycles. The van der Waals surface area contributed by atoms with E-state index in [-0.39, 0.29) is 0 Å². The molecule has 1 amide bonds. The maximum atomic E-state index is 11.3. The number of hydrogen-bond donors (Lipinski definition) is 0. The Labute approximate surface area is 68.6 Å². The molecule has 1 heterocycles. The average Bonchev–Trinajstić information content (AvgIpc) is 2.07. The molecule has 0 saturated carbocycles. The van der Waals surface area contributed by atoms with Crippen molar-refractivity contribution in [2.24, 2.45) is 0 Å². The monoisotopic (exact) mass is 154 g/mol. The minimum absolute atomic E-state index is 0.291. The summed E-state index contributed by atoms with van der Waals surface area (Å²) < 4.78 is 0. The summed E-state index contributed by atoms with van der Waals surface area (Å²) in [6, 6.07) is 0. The summed E-state index contributed by atoms with van der Waals surface area (Å²) in [4.78, 5) is 13.3. The van der Waals surface area contributed by atoms with Crippen LogP contribution in [0.4, 0.5) is 0 Å². The first-order chi connectivity index (χ1) is 5.34. The lowest BCUT2D eigenvalue weighted by Crippen LogP contribution is -2.35. The molecule has 0 bridgehead atoms. The smallest absolute Gasteiger partial charge is 0.222 e. The summed E-state index contributed by atoms with van der Waals surface area (Å²) in [5.74, 6) is 0.291. The van der Waals surface area contributed by atoms with Gasteiger partial charge < -0.3 is 4.90 Å². The van der Waals surface area contributed by atoms with Gasteiger partial charge in [0.1, 0.15) is 0 Å². The standard InChI is InChI=1S/C9H16NO/c1-2-6-9(11)10-7-4-3-5-8-10/h1-8H2. The zero-order valence-electron chi connectivity index (χ0n) is 7.01. The van der Waals surface area contributed by atoms with E-state index in [1.54, 1.807) is 0 Å². The normalized spacial score (nSPS) is 18.5. The summed E-state index contributed by atoms with van der Waals surface area (Å²) in [6.45, 7) is 5.62. The van der Waals surface area contributed by atoms with E-state index in [4.69, 9.17) is 0 Å². The Hall–Kier alpha value is -0.530. The van der Waals surface area contributed by atoms with Gasteiger partial charge in [-0.2, -0.15) is 0 Å². The summed E-state index contributed by atoms with van der Waals surface area (Å²) in [5, 5.41) is 0. The predicted octanol–water partition coefficient (Wildman–Crippen LogP) is 1.61. The van der Waals surface area contributed by atoms with E-state index < -0.39 is 0 Å². The third-order valence-corrected chi connectivity index (χ3v) is 2.10. The lowest BCUT2D eigenvalue weighted by atomic mass is 10.1. The van der Waals surface area contributed by atoms with Crippen LogP contribution < -0.4 is 0 Å². The van der Waals surface area contributed by atoms with Gasteiger partial charge in [-0.05, 0) is 25.7 Å². The number of likely N-dealkylation sites (tertiary alicyclic amines) is 1. The highest BCUT2D eigenvalue weighted by molar-refractivity contribution is 5.76. The van der Waals surface area contributed by atoms with E-state index in [1.807, 2.05) is 4.90 Å². The molecule has 11 heavy (non-hydrogen) atoms. The zero-order valence-corrected chi connectivity index (χ0v) is 7.01. The molecule has 0 spiro atoms. The first-order valence-corrected chi connectivity index (χ1v) is 4.41. The fraction of sp³-hybridized carbons (Fsp3) is 0.778. The highest BCUT2D eigenvalue weighted by Crippen LogP contribution is 2.10. The molecule has 1 rings (SSSR count). The van der Waals surface area contributed by atoms with Crippen LogP contribution in [-0.2, 0) is 4.79 Å². The Bertz CT molecular complexity index is 128. The first kappa shape index (κ1) is 8.57. The first-order valence-electron chi connectivity index (χ1n) is 4.41. The lowest BCUT2D eigenvalue weighted by molar-refractivity contribution is -0.132. The van der Waals surface area contributed by atoms with Crippen molar-refractivity contribution in [3.8, 4) is 0 Å². The summed E-state index contributed by atoms with van der Waals surface area (Å²) in [5.41, 5.74) is 0. The maximum absolute atomic E-state index is 11.3. The number of carbonyl (C=O) groups excluding carboxylic acids is 1. The Morgan fingerprint density at radius 1 is 1.27 bits per heavy atom. The second-order valence-electron chi connectivity index (χ2n) is 3.05. The van der Waals surface area contributed by atoms with Crippen LogP contribution >= 0.6 is 0 Å². The topological polar surface area (TPSA) is 20.3 Å². The fourth-order valence-corrected chi connectivity index (χ4v) is 1.45. The van der Waals surface area contributed by atoms with Crippen LogP contribution in [0.2, 0.25) is 0 Å². The van der Waals surface area contributed by atoms with Gasteiger partial charge in [-0.1, -0.05) is 6.92 Å². The van der Waals surface area contributed by atoms with Crippen molar-refractivity contribution in [2.45, 2.75) is 32.1 Å². The molecule has 0 N–H and O–H groups in total. The molecule has 1 fully saturated rings. The molecule has 1 radical (unpaired) electrons. The molecular weight excluding hydrogens is 138 g/mol. The third-order valence-electron chi connectivity index (χ3n) is 2.10. The summed E-state index contributed by atoms with van der Waals surface area (Å²) >= 11 is 0. The van der Waals surface area contributed by atoms with Crippen molar-refractivity contribution >= 4 is 5.91 Å². The number of amides is 1. The number of hydrogen-bond acceptors (Lipinski definition) is 1. The molecule has 0 unspecified atom stereocenters. The van der Waals surface area contributed by atoms with Crippen LogP contribution in [0, 0.1) is 6.92 Å². The quantitative estimate of drug-likeness (QED) is 0.591. The van der Waals surface area contributed by atoms with Crippen LogP contribution in [-0.4, -0.2) is 23.9 Å². The largest absolute Gasteiger partial charge is 0.343 e. The molecule has 1 aliphatic rings. The van der Waals surface area contributed by atoms with Crippen molar-refractivity contribution in [3.63, 3.8) is 0 Å². The Kier molecular flexibility index (Phi) is 3.40. The highest BCUT2D eigenvalue weighted by Gasteiger charge is 2.14. The zero-order chi connectivity index (χ0) is 8.10. The molecule has 0 aromatic carbocycles. The van der Waals surface area contributed by atoms with E-state index in [9.17, 15) is 4.79 Å². The van der Waals surface area contributed by atoms with E-state index in [2.05, 4.69) is 6.92 Å². The third kappa shape index (κ3) is 2.52.